The molecular formula is C20H38O2S. The number of thioether (sulfide) groups is 1. The first-order valence-electron chi connectivity index (χ1n) is 9.72. The summed E-state index contributed by atoms with van der Waals surface area (Å²) in [7, 11) is 0. The molecule has 0 aromatic carbocycles. The minimum Gasteiger partial charge on any atom is -0.392 e. The third-order valence-corrected chi connectivity index (χ3v) is 7.96. The molecule has 8 atom stereocenters. The predicted molar refractivity (Wildman–Crippen MR) is 101 cm³/mol. The van der Waals surface area contributed by atoms with E-state index in [4.69, 9.17) is 0 Å². The van der Waals surface area contributed by atoms with Gasteiger partial charge in [-0.05, 0) is 61.2 Å². The Morgan fingerprint density at radius 2 is 1.04 bits per heavy atom. The lowest BCUT2D eigenvalue weighted by molar-refractivity contribution is 0.0259. The van der Waals surface area contributed by atoms with Gasteiger partial charge in [0.05, 0.1) is 12.2 Å². The summed E-state index contributed by atoms with van der Waals surface area (Å²) in [5.41, 5.74) is 0. The Balaban J connectivity index is 2.06. The Morgan fingerprint density at radius 1 is 0.696 bits per heavy atom. The standard InChI is InChI=1S/C20H38O2S/c1-11(2)15-7-13(5)9-17(19(15)21)23-18-10-14(6)8-16(12(3)4)20(18)22/h11-22H,7-10H2,1-6H3. The van der Waals surface area contributed by atoms with Gasteiger partial charge in [-0.2, -0.15) is 0 Å². The maximum Gasteiger partial charge on any atom is 0.0689 e. The van der Waals surface area contributed by atoms with E-state index in [1.165, 1.54) is 0 Å². The zero-order chi connectivity index (χ0) is 17.3. The second-order valence-electron chi connectivity index (χ2n) is 9.16. The van der Waals surface area contributed by atoms with Crippen molar-refractivity contribution in [3.63, 3.8) is 0 Å². The topological polar surface area (TPSA) is 40.5 Å². The molecule has 23 heavy (non-hydrogen) atoms. The molecule has 0 aliphatic heterocycles. The Bertz CT molecular complexity index is 337. The first-order valence-corrected chi connectivity index (χ1v) is 10.7. The van der Waals surface area contributed by atoms with Gasteiger partial charge in [-0.1, -0.05) is 41.5 Å². The molecule has 2 aliphatic rings. The van der Waals surface area contributed by atoms with Crippen molar-refractivity contribution in [1.82, 2.24) is 0 Å². The lowest BCUT2D eigenvalue weighted by atomic mass is 9.74. The van der Waals surface area contributed by atoms with Crippen molar-refractivity contribution in [1.29, 1.82) is 0 Å². The molecule has 0 saturated heterocycles. The average molecular weight is 343 g/mol. The molecule has 2 aliphatic carbocycles. The molecule has 3 heteroatoms. The zero-order valence-corrected chi connectivity index (χ0v) is 16.7. The minimum absolute atomic E-state index is 0.210. The van der Waals surface area contributed by atoms with Gasteiger partial charge in [0, 0.05) is 10.5 Å². The largest absolute Gasteiger partial charge is 0.392 e. The summed E-state index contributed by atoms with van der Waals surface area (Å²) in [4.78, 5) is 0. The van der Waals surface area contributed by atoms with Crippen molar-refractivity contribution >= 4 is 11.8 Å². The van der Waals surface area contributed by atoms with Gasteiger partial charge in [-0.25, -0.2) is 0 Å². The molecule has 2 rings (SSSR count). The Morgan fingerprint density at radius 3 is 1.35 bits per heavy atom. The highest BCUT2D eigenvalue weighted by Gasteiger charge is 2.42. The van der Waals surface area contributed by atoms with Gasteiger partial charge in [0.25, 0.3) is 0 Å². The summed E-state index contributed by atoms with van der Waals surface area (Å²) in [5.74, 6) is 3.26. The van der Waals surface area contributed by atoms with Crippen LogP contribution in [0, 0.1) is 35.5 Å². The fourth-order valence-corrected chi connectivity index (χ4v) is 6.91. The molecule has 2 nitrogen and oxygen atoms in total. The number of aliphatic hydroxyl groups excluding tert-OH is 2. The molecule has 8 unspecified atom stereocenters. The van der Waals surface area contributed by atoms with Crippen molar-refractivity contribution in [2.75, 3.05) is 0 Å². The Labute approximate surface area is 147 Å². The van der Waals surface area contributed by atoms with E-state index in [1.54, 1.807) is 0 Å². The van der Waals surface area contributed by atoms with E-state index in [1.807, 2.05) is 11.8 Å². The van der Waals surface area contributed by atoms with Crippen molar-refractivity contribution in [3.8, 4) is 0 Å². The summed E-state index contributed by atoms with van der Waals surface area (Å²) in [6, 6.07) is 0. The van der Waals surface area contributed by atoms with Crippen LogP contribution in [-0.4, -0.2) is 32.9 Å². The zero-order valence-electron chi connectivity index (χ0n) is 15.9. The van der Waals surface area contributed by atoms with Crippen LogP contribution < -0.4 is 0 Å². The molecule has 0 radical (unpaired) electrons. The highest BCUT2D eigenvalue weighted by molar-refractivity contribution is 8.00. The normalized spacial score (nSPS) is 45.7. The summed E-state index contributed by atoms with van der Waals surface area (Å²) >= 11 is 1.91. The summed E-state index contributed by atoms with van der Waals surface area (Å²) in [6.07, 6.45) is 4.07. The molecule has 0 bridgehead atoms. The molecule has 2 N–H and O–H groups in total. The quantitative estimate of drug-likeness (QED) is 0.785. The molecule has 0 spiro atoms. The molecular weight excluding hydrogens is 304 g/mol. The van der Waals surface area contributed by atoms with Crippen LogP contribution in [0.5, 0.6) is 0 Å². The van der Waals surface area contributed by atoms with Crippen molar-refractivity contribution in [3.05, 3.63) is 0 Å². The first kappa shape index (κ1) is 19.6. The van der Waals surface area contributed by atoms with Gasteiger partial charge in [0.1, 0.15) is 0 Å². The van der Waals surface area contributed by atoms with Crippen LogP contribution >= 0.6 is 11.8 Å². The van der Waals surface area contributed by atoms with Gasteiger partial charge in [0.15, 0.2) is 0 Å². The number of hydrogen-bond donors (Lipinski definition) is 2. The van der Waals surface area contributed by atoms with E-state index in [2.05, 4.69) is 41.5 Å². The molecule has 2 saturated carbocycles. The summed E-state index contributed by atoms with van der Waals surface area (Å²) in [5, 5.41) is 22.3. The lowest BCUT2D eigenvalue weighted by Crippen LogP contribution is -2.46. The van der Waals surface area contributed by atoms with Crippen molar-refractivity contribution < 1.29 is 10.2 Å². The van der Waals surface area contributed by atoms with E-state index in [0.29, 0.717) is 46.0 Å². The molecule has 0 amide bonds. The van der Waals surface area contributed by atoms with Gasteiger partial charge in [-0.15, -0.1) is 11.8 Å². The summed E-state index contributed by atoms with van der Waals surface area (Å²) in [6.45, 7) is 13.6. The van der Waals surface area contributed by atoms with Gasteiger partial charge >= 0.3 is 0 Å². The van der Waals surface area contributed by atoms with Gasteiger partial charge in [0.2, 0.25) is 0 Å². The maximum absolute atomic E-state index is 10.9. The molecule has 0 aromatic heterocycles. The molecule has 136 valence electrons. The SMILES string of the molecule is CC1CC(SC2CC(C)CC(C(C)C)C2O)C(O)C(C(C)C)C1. The van der Waals surface area contributed by atoms with Crippen LogP contribution in [0.2, 0.25) is 0 Å². The second-order valence-corrected chi connectivity index (χ2v) is 10.6. The number of rotatable bonds is 4. The first-order chi connectivity index (χ1) is 10.7. The van der Waals surface area contributed by atoms with E-state index < -0.39 is 0 Å². The fraction of sp³-hybridized carbons (Fsp3) is 1.00. The number of aliphatic hydroxyl groups is 2. The molecule has 0 heterocycles. The predicted octanol–water partition coefficient (Wildman–Crippen LogP) is 4.58. The van der Waals surface area contributed by atoms with Crippen molar-refractivity contribution in [2.45, 2.75) is 89.9 Å². The third kappa shape index (κ3) is 4.67. The molecule has 0 aromatic rings. The summed E-state index contributed by atoms with van der Waals surface area (Å²) < 4.78 is 0. The van der Waals surface area contributed by atoms with E-state index in [-0.39, 0.29) is 12.2 Å². The van der Waals surface area contributed by atoms with Crippen LogP contribution in [0.15, 0.2) is 0 Å². The van der Waals surface area contributed by atoms with Crippen LogP contribution in [-0.2, 0) is 0 Å². The lowest BCUT2D eigenvalue weighted by Gasteiger charge is -2.45. The van der Waals surface area contributed by atoms with Crippen LogP contribution in [0.3, 0.4) is 0 Å². The second kappa shape index (κ2) is 8.10. The Kier molecular flexibility index (Phi) is 6.90. The van der Waals surface area contributed by atoms with Crippen LogP contribution in [0.4, 0.5) is 0 Å². The number of hydrogen-bond acceptors (Lipinski definition) is 3. The van der Waals surface area contributed by atoms with E-state index in [9.17, 15) is 10.2 Å². The average Bonchev–Trinajstić information content (AvgIpc) is 2.45. The van der Waals surface area contributed by atoms with Crippen LogP contribution in [0.1, 0.15) is 67.2 Å². The van der Waals surface area contributed by atoms with Gasteiger partial charge < -0.3 is 10.2 Å². The van der Waals surface area contributed by atoms with E-state index >= 15 is 0 Å². The van der Waals surface area contributed by atoms with Crippen LogP contribution in [0.25, 0.3) is 0 Å². The van der Waals surface area contributed by atoms with Gasteiger partial charge in [-0.3, -0.25) is 0 Å². The van der Waals surface area contributed by atoms with E-state index in [0.717, 1.165) is 25.7 Å². The Hall–Kier alpha value is 0.270. The van der Waals surface area contributed by atoms with Crippen molar-refractivity contribution in [2.24, 2.45) is 35.5 Å². The third-order valence-electron chi connectivity index (χ3n) is 6.32. The monoisotopic (exact) mass is 342 g/mol. The maximum atomic E-state index is 10.9. The smallest absolute Gasteiger partial charge is 0.0689 e. The fourth-order valence-electron chi connectivity index (χ4n) is 4.85. The highest BCUT2D eigenvalue weighted by Crippen LogP contribution is 2.45. The molecule has 2 fully saturated rings. The minimum atomic E-state index is -0.210. The highest BCUT2D eigenvalue weighted by atomic mass is 32.2.